The molecule has 1 heterocycles. The van der Waals surface area contributed by atoms with Crippen molar-refractivity contribution < 1.29 is 14.3 Å². The molecule has 1 aromatic carbocycles. The van der Waals surface area contributed by atoms with Gasteiger partial charge in [0.15, 0.2) is 0 Å². The average Bonchev–Trinajstić information content (AvgIpc) is 3.02. The number of ether oxygens (including phenoxy) is 1. The number of amides is 1. The number of nitrogens with one attached hydrogen (secondary N) is 1. The van der Waals surface area contributed by atoms with Crippen molar-refractivity contribution in [2.45, 2.75) is 26.2 Å². The van der Waals surface area contributed by atoms with E-state index in [2.05, 4.69) is 12.2 Å². The van der Waals surface area contributed by atoms with Gasteiger partial charge in [-0.25, -0.2) is 4.79 Å². The molecule has 0 fully saturated rings. The molecule has 2 aromatic rings. The fraction of sp³-hybridized carbons (Fsp3) is 0.333. The molecule has 2 rings (SSSR count). The fourth-order valence-electron chi connectivity index (χ4n) is 2.30. The second-order valence-electron chi connectivity index (χ2n) is 5.24. The second-order valence-corrected chi connectivity index (χ2v) is 6.49. The summed E-state index contributed by atoms with van der Waals surface area (Å²) in [6.45, 7) is 2.09. The maximum absolute atomic E-state index is 12.2. The molecule has 0 atom stereocenters. The standard InChI is InChI=1S/C18H20ClNO3S/c1-3-12-6-8-13(9-7-12)14-11-24-17(16(14)18(22)23-2)20-15(21)5-4-10-19/h6-9,11H,3-5,10H2,1-2H3,(H,20,21). The molecule has 0 unspecified atom stereocenters. The van der Waals surface area contributed by atoms with E-state index in [-0.39, 0.29) is 5.91 Å². The number of alkyl halides is 1. The maximum atomic E-state index is 12.2. The first-order valence-electron chi connectivity index (χ1n) is 7.75. The first kappa shape index (κ1) is 18.5. The first-order chi connectivity index (χ1) is 11.6. The Morgan fingerprint density at radius 3 is 2.54 bits per heavy atom. The van der Waals surface area contributed by atoms with Crippen LogP contribution < -0.4 is 5.32 Å². The van der Waals surface area contributed by atoms with E-state index in [1.165, 1.54) is 24.0 Å². The summed E-state index contributed by atoms with van der Waals surface area (Å²) in [6.07, 6.45) is 1.87. The minimum absolute atomic E-state index is 0.157. The van der Waals surface area contributed by atoms with Crippen molar-refractivity contribution in [2.75, 3.05) is 18.3 Å². The minimum atomic E-state index is -0.460. The molecule has 4 nitrogen and oxygen atoms in total. The molecule has 128 valence electrons. The van der Waals surface area contributed by atoms with E-state index >= 15 is 0 Å². The van der Waals surface area contributed by atoms with Crippen LogP contribution in [0.15, 0.2) is 29.6 Å². The van der Waals surface area contributed by atoms with Crippen LogP contribution in [0.4, 0.5) is 5.00 Å². The molecule has 0 aliphatic heterocycles. The van der Waals surface area contributed by atoms with Gasteiger partial charge in [0.2, 0.25) is 5.91 Å². The van der Waals surface area contributed by atoms with Crippen molar-refractivity contribution in [3.05, 3.63) is 40.8 Å². The van der Waals surface area contributed by atoms with E-state index in [4.69, 9.17) is 16.3 Å². The lowest BCUT2D eigenvalue weighted by atomic mass is 10.0. The van der Waals surface area contributed by atoms with E-state index < -0.39 is 5.97 Å². The zero-order chi connectivity index (χ0) is 17.5. The Bertz CT molecular complexity index is 710. The van der Waals surface area contributed by atoms with Gasteiger partial charge >= 0.3 is 5.97 Å². The van der Waals surface area contributed by atoms with E-state index in [1.54, 1.807) is 0 Å². The van der Waals surface area contributed by atoms with Crippen molar-refractivity contribution in [3.8, 4) is 11.1 Å². The van der Waals surface area contributed by atoms with E-state index in [0.717, 1.165) is 17.5 Å². The van der Waals surface area contributed by atoms with E-state index in [1.807, 2.05) is 29.6 Å². The van der Waals surface area contributed by atoms with Gasteiger partial charge in [0.1, 0.15) is 10.6 Å². The third kappa shape index (κ3) is 4.36. The number of rotatable bonds is 7. The van der Waals surface area contributed by atoms with Crippen molar-refractivity contribution in [3.63, 3.8) is 0 Å². The number of hydrogen-bond acceptors (Lipinski definition) is 4. The lowest BCUT2D eigenvalue weighted by molar-refractivity contribution is -0.116. The zero-order valence-corrected chi connectivity index (χ0v) is 15.3. The third-order valence-corrected chi connectivity index (χ3v) is 4.81. The van der Waals surface area contributed by atoms with Crippen LogP contribution in [-0.2, 0) is 16.0 Å². The first-order valence-corrected chi connectivity index (χ1v) is 9.17. The van der Waals surface area contributed by atoms with Crippen LogP contribution >= 0.6 is 22.9 Å². The predicted molar refractivity (Wildman–Crippen MR) is 99.1 cm³/mol. The van der Waals surface area contributed by atoms with Crippen LogP contribution in [0.25, 0.3) is 11.1 Å². The summed E-state index contributed by atoms with van der Waals surface area (Å²) in [5.74, 6) is -0.189. The number of carbonyl (C=O) groups excluding carboxylic acids is 2. The predicted octanol–water partition coefficient (Wildman–Crippen LogP) is 4.72. The smallest absolute Gasteiger partial charge is 0.341 e. The van der Waals surface area contributed by atoms with Gasteiger partial charge in [-0.2, -0.15) is 0 Å². The van der Waals surface area contributed by atoms with Gasteiger partial charge in [-0.1, -0.05) is 31.2 Å². The minimum Gasteiger partial charge on any atom is -0.465 e. The van der Waals surface area contributed by atoms with Crippen molar-refractivity contribution in [1.82, 2.24) is 0 Å². The van der Waals surface area contributed by atoms with Gasteiger partial charge in [0, 0.05) is 23.2 Å². The summed E-state index contributed by atoms with van der Waals surface area (Å²) in [5.41, 5.74) is 3.31. The third-order valence-electron chi connectivity index (χ3n) is 3.64. The van der Waals surface area contributed by atoms with Crippen LogP contribution in [0.2, 0.25) is 0 Å². The zero-order valence-electron chi connectivity index (χ0n) is 13.7. The van der Waals surface area contributed by atoms with Crippen LogP contribution in [-0.4, -0.2) is 24.9 Å². The number of esters is 1. The van der Waals surface area contributed by atoms with Crippen molar-refractivity contribution in [2.24, 2.45) is 0 Å². The van der Waals surface area contributed by atoms with Gasteiger partial charge in [-0.3, -0.25) is 4.79 Å². The maximum Gasteiger partial charge on any atom is 0.341 e. The molecule has 1 amide bonds. The van der Waals surface area contributed by atoms with Crippen LogP contribution in [0.3, 0.4) is 0 Å². The number of halogens is 1. The average molecular weight is 366 g/mol. The van der Waals surface area contributed by atoms with Crippen LogP contribution in [0.1, 0.15) is 35.7 Å². The summed E-state index contributed by atoms with van der Waals surface area (Å²) in [6, 6.07) is 8.03. The lowest BCUT2D eigenvalue weighted by Gasteiger charge is -2.08. The summed E-state index contributed by atoms with van der Waals surface area (Å²) < 4.78 is 4.90. The van der Waals surface area contributed by atoms with Gasteiger partial charge < -0.3 is 10.1 Å². The molecule has 0 radical (unpaired) electrons. The fourth-order valence-corrected chi connectivity index (χ4v) is 3.41. The summed E-state index contributed by atoms with van der Waals surface area (Å²) in [5, 5.41) is 5.17. The Morgan fingerprint density at radius 1 is 1.25 bits per heavy atom. The van der Waals surface area contributed by atoms with Crippen molar-refractivity contribution in [1.29, 1.82) is 0 Å². The molecular weight excluding hydrogens is 346 g/mol. The Labute approximate surface area is 150 Å². The number of hydrogen-bond donors (Lipinski definition) is 1. The van der Waals surface area contributed by atoms with E-state index in [0.29, 0.717) is 29.3 Å². The second kappa shape index (κ2) is 8.85. The number of benzene rings is 1. The number of aryl methyl sites for hydroxylation is 1. The number of carbonyl (C=O) groups is 2. The number of thiophene rings is 1. The summed E-state index contributed by atoms with van der Waals surface area (Å²) in [7, 11) is 1.34. The highest BCUT2D eigenvalue weighted by Gasteiger charge is 2.22. The highest BCUT2D eigenvalue weighted by Crippen LogP contribution is 2.36. The number of anilines is 1. The topological polar surface area (TPSA) is 55.4 Å². The monoisotopic (exact) mass is 365 g/mol. The SMILES string of the molecule is CCc1ccc(-c2csc(NC(=O)CCCCl)c2C(=O)OC)cc1. The summed E-state index contributed by atoms with van der Waals surface area (Å²) in [4.78, 5) is 24.2. The molecule has 0 aliphatic rings. The normalized spacial score (nSPS) is 10.5. The molecule has 0 saturated carbocycles. The molecule has 0 aliphatic carbocycles. The number of methoxy groups -OCH3 is 1. The quantitative estimate of drug-likeness (QED) is 0.570. The van der Waals surface area contributed by atoms with Gasteiger partial charge in [-0.05, 0) is 24.0 Å². The Hall–Kier alpha value is -1.85. The molecule has 1 N–H and O–H groups in total. The van der Waals surface area contributed by atoms with Gasteiger partial charge in [-0.15, -0.1) is 22.9 Å². The Morgan fingerprint density at radius 2 is 1.96 bits per heavy atom. The summed E-state index contributed by atoms with van der Waals surface area (Å²) >= 11 is 6.93. The molecule has 0 spiro atoms. The highest BCUT2D eigenvalue weighted by atomic mass is 35.5. The van der Waals surface area contributed by atoms with Gasteiger partial charge in [0.05, 0.1) is 7.11 Å². The molecule has 0 bridgehead atoms. The molecular formula is C18H20ClNO3S. The van der Waals surface area contributed by atoms with Crippen LogP contribution in [0, 0.1) is 0 Å². The Balaban J connectivity index is 2.34. The van der Waals surface area contributed by atoms with Gasteiger partial charge in [0.25, 0.3) is 0 Å². The molecule has 1 aromatic heterocycles. The molecule has 24 heavy (non-hydrogen) atoms. The largest absolute Gasteiger partial charge is 0.465 e. The van der Waals surface area contributed by atoms with Crippen molar-refractivity contribution >= 4 is 39.8 Å². The van der Waals surface area contributed by atoms with E-state index in [9.17, 15) is 9.59 Å². The molecule has 6 heteroatoms. The lowest BCUT2D eigenvalue weighted by Crippen LogP contribution is -2.13. The molecule has 0 saturated heterocycles. The highest BCUT2D eigenvalue weighted by molar-refractivity contribution is 7.15. The Kier molecular flexibility index (Phi) is 6.82. The van der Waals surface area contributed by atoms with Crippen LogP contribution in [0.5, 0.6) is 0 Å².